The first kappa shape index (κ1) is 14.6. The van der Waals surface area contributed by atoms with Crippen LogP contribution in [0.4, 0.5) is 0 Å². The van der Waals surface area contributed by atoms with E-state index in [1.54, 1.807) is 11.3 Å². The van der Waals surface area contributed by atoms with Crippen LogP contribution in [0.5, 0.6) is 0 Å². The summed E-state index contributed by atoms with van der Waals surface area (Å²) in [5, 5.41) is 1.06. The van der Waals surface area contributed by atoms with Crippen LogP contribution in [-0.2, 0) is 16.9 Å². The summed E-state index contributed by atoms with van der Waals surface area (Å²) in [5.74, 6) is 0.418. The van der Waals surface area contributed by atoms with Gasteiger partial charge in [-0.3, -0.25) is 0 Å². The molecule has 1 unspecified atom stereocenters. The molecule has 0 aromatic carbocycles. The number of nitrogens with zero attached hydrogens (tertiary/aromatic N) is 1. The molecule has 0 saturated heterocycles. The molecule has 1 atom stereocenters. The van der Waals surface area contributed by atoms with Gasteiger partial charge in [0.05, 0.1) is 5.69 Å². The maximum atomic E-state index is 5.86. The van der Waals surface area contributed by atoms with Crippen molar-refractivity contribution in [1.29, 1.82) is 0 Å². The van der Waals surface area contributed by atoms with Gasteiger partial charge in [0.2, 0.25) is 0 Å². The average Bonchev–Trinajstić information content (AvgIpc) is 2.73. The van der Waals surface area contributed by atoms with Gasteiger partial charge in [-0.05, 0) is 26.2 Å². The first-order valence-corrected chi connectivity index (χ1v) is 7.14. The van der Waals surface area contributed by atoms with E-state index in [2.05, 4.69) is 27.7 Å². The summed E-state index contributed by atoms with van der Waals surface area (Å²) >= 11 is 1.70. The molecule has 1 rings (SSSR count). The molecule has 2 N–H and O–H groups in total. The van der Waals surface area contributed by atoms with E-state index in [1.807, 2.05) is 6.92 Å². The molecule has 0 spiro atoms. The van der Waals surface area contributed by atoms with Crippen LogP contribution < -0.4 is 5.73 Å². The van der Waals surface area contributed by atoms with Gasteiger partial charge in [0.1, 0.15) is 10.6 Å². The fraction of sp³-hybridized carbons (Fsp3) is 0.769. The van der Waals surface area contributed by atoms with Crippen LogP contribution >= 0.6 is 11.3 Å². The van der Waals surface area contributed by atoms with Crippen molar-refractivity contribution in [2.45, 2.75) is 59.1 Å². The third-order valence-corrected chi connectivity index (χ3v) is 4.39. The lowest BCUT2D eigenvalue weighted by Gasteiger charge is -2.25. The van der Waals surface area contributed by atoms with E-state index in [4.69, 9.17) is 15.5 Å². The van der Waals surface area contributed by atoms with Gasteiger partial charge in [-0.2, -0.15) is 0 Å². The lowest BCUT2D eigenvalue weighted by molar-refractivity contribution is -0.0325. The molecule has 0 aliphatic rings. The number of hydrogen-bond donors (Lipinski definition) is 1. The molecule has 3 nitrogen and oxygen atoms in total. The molecule has 0 radical (unpaired) electrons. The summed E-state index contributed by atoms with van der Waals surface area (Å²) in [6.07, 6.45) is 0.926. The highest BCUT2D eigenvalue weighted by atomic mass is 32.1. The molecule has 0 aliphatic heterocycles. The molecule has 1 heterocycles. The minimum Gasteiger partial charge on any atom is -0.368 e. The summed E-state index contributed by atoms with van der Waals surface area (Å²) in [6.45, 7) is 11.8. The smallest absolute Gasteiger partial charge is 0.125 e. The number of ether oxygens (including phenoxy) is 1. The van der Waals surface area contributed by atoms with Crippen LogP contribution in [0.3, 0.4) is 0 Å². The zero-order valence-corrected chi connectivity index (χ0v) is 12.4. The van der Waals surface area contributed by atoms with Gasteiger partial charge in [0.15, 0.2) is 0 Å². The van der Waals surface area contributed by atoms with Crippen LogP contribution in [0.2, 0.25) is 0 Å². The van der Waals surface area contributed by atoms with Crippen LogP contribution in [0.25, 0.3) is 0 Å². The Balaban J connectivity index is 3.13. The number of hydrogen-bond acceptors (Lipinski definition) is 4. The van der Waals surface area contributed by atoms with Crippen molar-refractivity contribution in [2.75, 3.05) is 6.61 Å². The first-order valence-electron chi connectivity index (χ1n) is 6.32. The molecule has 0 saturated carbocycles. The van der Waals surface area contributed by atoms with Gasteiger partial charge in [0, 0.05) is 18.0 Å². The van der Waals surface area contributed by atoms with Crippen LogP contribution in [-0.4, -0.2) is 11.6 Å². The zero-order chi connectivity index (χ0) is 13.1. The van der Waals surface area contributed by atoms with Gasteiger partial charge >= 0.3 is 0 Å². The Labute approximate surface area is 108 Å². The van der Waals surface area contributed by atoms with E-state index in [0.29, 0.717) is 19.1 Å². The number of thiazole rings is 1. The van der Waals surface area contributed by atoms with E-state index >= 15 is 0 Å². The minimum absolute atomic E-state index is 0.267. The van der Waals surface area contributed by atoms with E-state index in [-0.39, 0.29) is 5.60 Å². The second-order valence-electron chi connectivity index (χ2n) is 4.70. The minimum atomic E-state index is -0.267. The van der Waals surface area contributed by atoms with Crippen molar-refractivity contribution in [3.05, 3.63) is 15.6 Å². The molecule has 17 heavy (non-hydrogen) atoms. The summed E-state index contributed by atoms with van der Waals surface area (Å²) in [4.78, 5) is 5.94. The fourth-order valence-electron chi connectivity index (χ4n) is 1.82. The van der Waals surface area contributed by atoms with E-state index < -0.39 is 0 Å². The van der Waals surface area contributed by atoms with Gasteiger partial charge in [-0.1, -0.05) is 20.8 Å². The fourth-order valence-corrected chi connectivity index (χ4v) is 3.09. The Morgan fingerprint density at radius 2 is 2.06 bits per heavy atom. The maximum Gasteiger partial charge on any atom is 0.125 e. The number of rotatable bonds is 6. The predicted octanol–water partition coefficient (Wildman–Crippen LogP) is 3.39. The van der Waals surface area contributed by atoms with E-state index in [9.17, 15) is 0 Å². The third kappa shape index (κ3) is 3.06. The second-order valence-corrected chi connectivity index (χ2v) is 5.79. The number of aromatic nitrogens is 1. The Kier molecular flexibility index (Phi) is 5.10. The third-order valence-electron chi connectivity index (χ3n) is 3.05. The Morgan fingerprint density at radius 1 is 1.41 bits per heavy atom. The highest BCUT2D eigenvalue weighted by Gasteiger charge is 2.30. The standard InChI is InChI=1S/C13H24N2OS/c1-6-13(5,16-7-2)12-15-11(9(3)4)10(8-14)17-12/h9H,6-8,14H2,1-5H3. The van der Waals surface area contributed by atoms with Gasteiger partial charge in [-0.15, -0.1) is 11.3 Å². The van der Waals surface area contributed by atoms with Gasteiger partial charge in [0.25, 0.3) is 0 Å². The Hall–Kier alpha value is -0.450. The quantitative estimate of drug-likeness (QED) is 0.848. The van der Waals surface area contributed by atoms with Crippen LogP contribution in [0, 0.1) is 0 Å². The molecular formula is C13H24N2OS. The molecular weight excluding hydrogens is 232 g/mol. The molecule has 0 fully saturated rings. The molecule has 4 heteroatoms. The SMILES string of the molecule is CCOC(C)(CC)c1nc(C(C)C)c(CN)s1. The predicted molar refractivity (Wildman–Crippen MR) is 73.4 cm³/mol. The van der Waals surface area contributed by atoms with Crippen LogP contribution in [0.15, 0.2) is 0 Å². The average molecular weight is 256 g/mol. The normalized spacial score (nSPS) is 15.2. The number of nitrogens with two attached hydrogens (primary N) is 1. The Bertz CT molecular complexity index is 362. The molecule has 0 bridgehead atoms. The highest BCUT2D eigenvalue weighted by Crippen LogP contribution is 2.35. The highest BCUT2D eigenvalue weighted by molar-refractivity contribution is 7.11. The van der Waals surface area contributed by atoms with E-state index in [1.165, 1.54) is 4.88 Å². The zero-order valence-electron chi connectivity index (χ0n) is 11.5. The summed E-state index contributed by atoms with van der Waals surface area (Å²) < 4.78 is 5.86. The van der Waals surface area contributed by atoms with Crippen molar-refractivity contribution >= 4 is 11.3 Å². The van der Waals surface area contributed by atoms with Crippen molar-refractivity contribution in [2.24, 2.45) is 5.73 Å². The molecule has 1 aromatic rings. The van der Waals surface area contributed by atoms with Crippen molar-refractivity contribution in [3.8, 4) is 0 Å². The van der Waals surface area contributed by atoms with Crippen molar-refractivity contribution in [3.63, 3.8) is 0 Å². The first-order chi connectivity index (χ1) is 7.98. The molecule has 1 aromatic heterocycles. The van der Waals surface area contributed by atoms with Crippen LogP contribution in [0.1, 0.15) is 62.5 Å². The molecule has 0 aliphatic carbocycles. The summed E-state index contributed by atoms with van der Waals surface area (Å²) in [7, 11) is 0. The molecule has 0 amide bonds. The van der Waals surface area contributed by atoms with Crippen molar-refractivity contribution in [1.82, 2.24) is 4.98 Å². The monoisotopic (exact) mass is 256 g/mol. The molecule has 98 valence electrons. The summed E-state index contributed by atoms with van der Waals surface area (Å²) in [6, 6.07) is 0. The summed E-state index contributed by atoms with van der Waals surface area (Å²) in [5.41, 5.74) is 6.65. The lowest BCUT2D eigenvalue weighted by atomic mass is 10.0. The van der Waals surface area contributed by atoms with E-state index in [0.717, 1.165) is 17.1 Å². The van der Waals surface area contributed by atoms with Gasteiger partial charge in [-0.25, -0.2) is 4.98 Å². The maximum absolute atomic E-state index is 5.86. The van der Waals surface area contributed by atoms with Gasteiger partial charge < -0.3 is 10.5 Å². The van der Waals surface area contributed by atoms with Crippen molar-refractivity contribution < 1.29 is 4.74 Å². The Morgan fingerprint density at radius 3 is 2.41 bits per heavy atom. The topological polar surface area (TPSA) is 48.1 Å². The lowest BCUT2D eigenvalue weighted by Crippen LogP contribution is -2.24. The second kappa shape index (κ2) is 5.94. The largest absolute Gasteiger partial charge is 0.368 e.